The van der Waals surface area contributed by atoms with Crippen molar-refractivity contribution in [1.82, 2.24) is 24.8 Å². The first-order chi connectivity index (χ1) is 12.9. The maximum atomic E-state index is 12.8. The van der Waals surface area contributed by atoms with E-state index in [1.54, 1.807) is 10.9 Å². The van der Waals surface area contributed by atoms with E-state index in [0.29, 0.717) is 17.6 Å². The summed E-state index contributed by atoms with van der Waals surface area (Å²) >= 11 is 0. The van der Waals surface area contributed by atoms with Crippen molar-refractivity contribution in [2.75, 3.05) is 0 Å². The second-order valence-electron chi connectivity index (χ2n) is 7.63. The van der Waals surface area contributed by atoms with Crippen LogP contribution in [0, 0.1) is 0 Å². The van der Waals surface area contributed by atoms with Crippen molar-refractivity contribution in [2.24, 2.45) is 0 Å². The largest absolute Gasteiger partial charge is 0.281 e. The van der Waals surface area contributed by atoms with Crippen LogP contribution >= 0.6 is 0 Å². The van der Waals surface area contributed by atoms with Crippen molar-refractivity contribution in [1.29, 1.82) is 0 Å². The predicted molar refractivity (Wildman–Crippen MR) is 105 cm³/mol. The highest BCUT2D eigenvalue weighted by Gasteiger charge is 2.15. The van der Waals surface area contributed by atoms with E-state index >= 15 is 0 Å². The Morgan fingerprint density at radius 2 is 1.67 bits per heavy atom. The molecular formula is C21H21N5O. The molecule has 6 nitrogen and oxygen atoms in total. The maximum Gasteiger partial charge on any atom is 0.281 e. The molecule has 0 amide bonds. The van der Waals surface area contributed by atoms with Crippen LogP contribution in [0.25, 0.3) is 16.7 Å². The summed E-state index contributed by atoms with van der Waals surface area (Å²) in [5.41, 5.74) is 3.47. The van der Waals surface area contributed by atoms with Crippen molar-refractivity contribution in [3.05, 3.63) is 82.3 Å². The predicted octanol–water partition coefficient (Wildman–Crippen LogP) is 3.32. The van der Waals surface area contributed by atoms with Gasteiger partial charge in [0.25, 0.3) is 5.56 Å². The number of rotatable bonds is 3. The first-order valence-electron chi connectivity index (χ1n) is 8.90. The highest BCUT2D eigenvalue weighted by Crippen LogP contribution is 2.22. The third-order valence-electron chi connectivity index (χ3n) is 4.61. The Bertz CT molecular complexity index is 1140. The second-order valence-corrected chi connectivity index (χ2v) is 7.63. The van der Waals surface area contributed by atoms with Crippen LogP contribution in [-0.2, 0) is 12.0 Å². The van der Waals surface area contributed by atoms with Gasteiger partial charge in [0.2, 0.25) is 0 Å². The van der Waals surface area contributed by atoms with Gasteiger partial charge in [0.05, 0.1) is 18.4 Å². The fourth-order valence-corrected chi connectivity index (χ4v) is 3.01. The highest BCUT2D eigenvalue weighted by molar-refractivity contribution is 5.74. The number of fused-ring (bicyclic) bond motifs is 1. The van der Waals surface area contributed by atoms with Crippen LogP contribution in [0.15, 0.2) is 65.6 Å². The zero-order valence-corrected chi connectivity index (χ0v) is 15.6. The monoisotopic (exact) mass is 359 g/mol. The first-order valence-corrected chi connectivity index (χ1v) is 8.90. The molecule has 4 aromatic rings. The number of aromatic nitrogens is 5. The Morgan fingerprint density at radius 3 is 2.33 bits per heavy atom. The molecule has 6 heteroatoms. The molecule has 27 heavy (non-hydrogen) atoms. The van der Waals surface area contributed by atoms with Gasteiger partial charge < -0.3 is 0 Å². The van der Waals surface area contributed by atoms with Crippen molar-refractivity contribution in [3.8, 4) is 5.69 Å². The first kappa shape index (κ1) is 17.1. The molecule has 2 aromatic carbocycles. The smallest absolute Gasteiger partial charge is 0.267 e. The van der Waals surface area contributed by atoms with Crippen LogP contribution in [0.5, 0.6) is 0 Å². The minimum Gasteiger partial charge on any atom is -0.267 e. The van der Waals surface area contributed by atoms with Gasteiger partial charge in [-0.3, -0.25) is 4.79 Å². The van der Waals surface area contributed by atoms with E-state index in [9.17, 15) is 4.79 Å². The maximum absolute atomic E-state index is 12.8. The molecule has 0 aliphatic heterocycles. The van der Waals surface area contributed by atoms with Crippen molar-refractivity contribution in [3.63, 3.8) is 0 Å². The Kier molecular flexibility index (Phi) is 4.11. The average molecular weight is 359 g/mol. The lowest BCUT2D eigenvalue weighted by Gasteiger charge is -2.19. The summed E-state index contributed by atoms with van der Waals surface area (Å²) in [6, 6.07) is 17.8. The Labute approximate surface area is 157 Å². The molecule has 0 radical (unpaired) electrons. The molecule has 2 heterocycles. The number of benzene rings is 2. The summed E-state index contributed by atoms with van der Waals surface area (Å²) in [5.74, 6) is 0. The summed E-state index contributed by atoms with van der Waals surface area (Å²) < 4.78 is 3.01. The molecule has 0 bridgehead atoms. The van der Waals surface area contributed by atoms with Gasteiger partial charge in [0.15, 0.2) is 5.65 Å². The summed E-state index contributed by atoms with van der Waals surface area (Å²) in [6.07, 6.45) is 1.55. The molecular weight excluding hydrogens is 338 g/mol. The van der Waals surface area contributed by atoms with Gasteiger partial charge in [-0.1, -0.05) is 68.4 Å². The number of nitrogens with zero attached hydrogens (tertiary/aromatic N) is 5. The molecule has 0 saturated heterocycles. The van der Waals surface area contributed by atoms with Crippen molar-refractivity contribution in [2.45, 2.75) is 32.7 Å². The molecule has 0 saturated carbocycles. The van der Waals surface area contributed by atoms with Gasteiger partial charge in [0, 0.05) is 0 Å². The van der Waals surface area contributed by atoms with Gasteiger partial charge in [0.1, 0.15) is 5.39 Å². The number of para-hydroxylation sites is 1. The lowest BCUT2D eigenvalue weighted by molar-refractivity contribution is 0.585. The van der Waals surface area contributed by atoms with Crippen LogP contribution in [-0.4, -0.2) is 24.8 Å². The molecule has 0 N–H and O–H groups in total. The summed E-state index contributed by atoms with van der Waals surface area (Å²) in [7, 11) is 0. The van der Waals surface area contributed by atoms with E-state index in [2.05, 4.69) is 48.3 Å². The minimum absolute atomic E-state index is 0.0973. The van der Waals surface area contributed by atoms with E-state index in [1.165, 1.54) is 10.2 Å². The summed E-state index contributed by atoms with van der Waals surface area (Å²) in [5, 5.41) is 13.1. The quantitative estimate of drug-likeness (QED) is 0.563. The Morgan fingerprint density at radius 1 is 0.963 bits per heavy atom. The van der Waals surface area contributed by atoms with E-state index in [1.807, 2.05) is 42.5 Å². The standard InChI is InChI=1S/C21H21N5O/c1-21(2,3)16-11-9-15(10-12-16)14-25-20(27)18-13-22-26(19(18)23-24-25)17-7-5-4-6-8-17/h4-13H,14H2,1-3H3. The van der Waals surface area contributed by atoms with Crippen molar-refractivity contribution < 1.29 is 0 Å². The van der Waals surface area contributed by atoms with Crippen LogP contribution in [0.1, 0.15) is 31.9 Å². The second kappa shape index (κ2) is 6.46. The normalized spacial score (nSPS) is 11.8. The SMILES string of the molecule is CC(C)(C)c1ccc(Cn2nnc3c(cnn3-c3ccccc3)c2=O)cc1. The molecule has 136 valence electrons. The fraction of sp³-hybridized carbons (Fsp3) is 0.238. The molecule has 0 fully saturated rings. The minimum atomic E-state index is -0.193. The molecule has 4 rings (SSSR count). The van der Waals surface area contributed by atoms with E-state index < -0.39 is 0 Å². The van der Waals surface area contributed by atoms with Crippen molar-refractivity contribution >= 4 is 11.0 Å². The molecule has 0 aliphatic rings. The zero-order chi connectivity index (χ0) is 19.0. The van der Waals surface area contributed by atoms with Gasteiger partial charge in [-0.2, -0.15) is 5.10 Å². The van der Waals surface area contributed by atoms with Gasteiger partial charge in [-0.15, -0.1) is 5.10 Å². The van der Waals surface area contributed by atoms with Crippen LogP contribution < -0.4 is 5.56 Å². The third-order valence-corrected chi connectivity index (χ3v) is 4.61. The molecule has 0 unspecified atom stereocenters. The topological polar surface area (TPSA) is 65.6 Å². The van der Waals surface area contributed by atoms with E-state index in [4.69, 9.17) is 0 Å². The Hall–Kier alpha value is -3.28. The lowest BCUT2D eigenvalue weighted by atomic mass is 9.87. The summed E-state index contributed by atoms with van der Waals surface area (Å²) in [4.78, 5) is 12.8. The fourth-order valence-electron chi connectivity index (χ4n) is 3.01. The molecule has 0 aliphatic carbocycles. The highest BCUT2D eigenvalue weighted by atomic mass is 16.1. The van der Waals surface area contributed by atoms with Gasteiger partial charge in [-0.25, -0.2) is 9.36 Å². The van der Waals surface area contributed by atoms with E-state index in [0.717, 1.165) is 11.3 Å². The Balaban J connectivity index is 1.68. The zero-order valence-electron chi connectivity index (χ0n) is 15.6. The molecule has 0 atom stereocenters. The molecule has 0 spiro atoms. The lowest BCUT2D eigenvalue weighted by Crippen LogP contribution is -2.24. The summed E-state index contributed by atoms with van der Waals surface area (Å²) in [6.45, 7) is 6.91. The third kappa shape index (κ3) is 3.26. The molecule has 2 aromatic heterocycles. The van der Waals surface area contributed by atoms with Crippen LogP contribution in [0.2, 0.25) is 0 Å². The van der Waals surface area contributed by atoms with Crippen LogP contribution in [0.4, 0.5) is 0 Å². The number of hydrogen-bond acceptors (Lipinski definition) is 4. The van der Waals surface area contributed by atoms with E-state index in [-0.39, 0.29) is 11.0 Å². The van der Waals surface area contributed by atoms with Gasteiger partial charge >= 0.3 is 0 Å². The van der Waals surface area contributed by atoms with Crippen LogP contribution in [0.3, 0.4) is 0 Å². The number of hydrogen-bond donors (Lipinski definition) is 0. The van der Waals surface area contributed by atoms with Gasteiger partial charge in [-0.05, 0) is 28.7 Å². The average Bonchev–Trinajstić information content (AvgIpc) is 3.09.